The van der Waals surface area contributed by atoms with E-state index in [4.69, 9.17) is 0 Å². The molecular weight excluding hydrogens is 191 g/mol. The standard InChI is InChI=1S/C12H15FSi/c1-10-5-6-12(13)9-11(10)7-8-14(2,3)4/h5-6,9H,1-4H3. The average molecular weight is 206 g/mol. The van der Waals surface area contributed by atoms with Crippen LogP contribution in [0.15, 0.2) is 18.2 Å². The second kappa shape index (κ2) is 3.98. The van der Waals surface area contributed by atoms with Crippen LogP contribution in [0.5, 0.6) is 0 Å². The lowest BCUT2D eigenvalue weighted by molar-refractivity contribution is 0.627. The lowest BCUT2D eigenvalue weighted by Crippen LogP contribution is -2.16. The Hall–Kier alpha value is -1.07. The van der Waals surface area contributed by atoms with Gasteiger partial charge in [0, 0.05) is 5.56 Å². The molecule has 0 unspecified atom stereocenters. The van der Waals surface area contributed by atoms with Gasteiger partial charge in [0.25, 0.3) is 0 Å². The van der Waals surface area contributed by atoms with E-state index in [1.807, 2.05) is 6.92 Å². The molecule has 0 aliphatic carbocycles. The minimum absolute atomic E-state index is 0.213. The molecule has 1 aromatic rings. The molecule has 1 aromatic carbocycles. The molecule has 0 aliphatic heterocycles. The van der Waals surface area contributed by atoms with E-state index in [1.165, 1.54) is 12.1 Å². The fraction of sp³-hybridized carbons (Fsp3) is 0.333. The van der Waals surface area contributed by atoms with Crippen LogP contribution in [0.2, 0.25) is 19.6 Å². The molecule has 2 heteroatoms. The van der Waals surface area contributed by atoms with E-state index < -0.39 is 8.07 Å². The molecule has 0 N–H and O–H groups in total. The van der Waals surface area contributed by atoms with Crippen LogP contribution in [0.3, 0.4) is 0 Å². The number of hydrogen-bond donors (Lipinski definition) is 0. The van der Waals surface area contributed by atoms with E-state index in [0.29, 0.717) is 0 Å². The molecule has 14 heavy (non-hydrogen) atoms. The van der Waals surface area contributed by atoms with Gasteiger partial charge in [-0.25, -0.2) is 4.39 Å². The van der Waals surface area contributed by atoms with Crippen molar-refractivity contribution in [3.8, 4) is 11.5 Å². The Morgan fingerprint density at radius 2 is 1.86 bits per heavy atom. The van der Waals surface area contributed by atoms with Gasteiger partial charge >= 0.3 is 0 Å². The zero-order valence-corrected chi connectivity index (χ0v) is 10.1. The van der Waals surface area contributed by atoms with E-state index in [-0.39, 0.29) is 5.82 Å². The SMILES string of the molecule is Cc1ccc(F)cc1C#C[Si](C)(C)C. The fourth-order valence-electron chi connectivity index (χ4n) is 0.984. The van der Waals surface area contributed by atoms with Gasteiger partial charge in [-0.1, -0.05) is 31.6 Å². The summed E-state index contributed by atoms with van der Waals surface area (Å²) in [6.07, 6.45) is 0. The Balaban J connectivity index is 3.06. The third-order valence-corrected chi connectivity index (χ3v) is 2.65. The third-order valence-electron chi connectivity index (χ3n) is 1.77. The predicted octanol–water partition coefficient (Wildman–Crippen LogP) is 3.36. The van der Waals surface area contributed by atoms with Crippen LogP contribution in [0.4, 0.5) is 4.39 Å². The largest absolute Gasteiger partial charge is 0.207 e. The van der Waals surface area contributed by atoms with E-state index in [9.17, 15) is 4.39 Å². The molecule has 74 valence electrons. The molecule has 0 saturated carbocycles. The lowest BCUT2D eigenvalue weighted by atomic mass is 10.1. The van der Waals surface area contributed by atoms with E-state index in [1.54, 1.807) is 6.07 Å². The summed E-state index contributed by atoms with van der Waals surface area (Å²) in [4.78, 5) is 0. The Morgan fingerprint density at radius 3 is 2.43 bits per heavy atom. The summed E-state index contributed by atoms with van der Waals surface area (Å²) < 4.78 is 12.9. The fourth-order valence-corrected chi connectivity index (χ4v) is 1.49. The monoisotopic (exact) mass is 206 g/mol. The number of hydrogen-bond acceptors (Lipinski definition) is 0. The number of halogens is 1. The summed E-state index contributed by atoms with van der Waals surface area (Å²) in [5.41, 5.74) is 5.08. The van der Waals surface area contributed by atoms with Crippen LogP contribution in [0.1, 0.15) is 11.1 Å². The Bertz CT molecular complexity index is 391. The molecule has 0 aliphatic rings. The Labute approximate surface area is 86.2 Å². The number of benzene rings is 1. The number of aryl methyl sites for hydroxylation is 1. The van der Waals surface area contributed by atoms with Crippen LogP contribution >= 0.6 is 0 Å². The van der Waals surface area contributed by atoms with Gasteiger partial charge < -0.3 is 0 Å². The van der Waals surface area contributed by atoms with E-state index in [0.717, 1.165) is 11.1 Å². The van der Waals surface area contributed by atoms with Crippen molar-refractivity contribution < 1.29 is 4.39 Å². The minimum atomic E-state index is -1.36. The second-order valence-electron chi connectivity index (χ2n) is 4.46. The normalized spacial score (nSPS) is 10.6. The zero-order valence-electron chi connectivity index (χ0n) is 9.11. The maximum absolute atomic E-state index is 12.9. The molecule has 1 rings (SSSR count). The molecule has 0 fully saturated rings. The predicted molar refractivity (Wildman–Crippen MR) is 61.4 cm³/mol. The quantitative estimate of drug-likeness (QED) is 0.451. The van der Waals surface area contributed by atoms with Gasteiger partial charge in [-0.05, 0) is 24.6 Å². The van der Waals surface area contributed by atoms with Gasteiger partial charge in [0.05, 0.1) is 0 Å². The average Bonchev–Trinajstić information content (AvgIpc) is 2.05. The van der Waals surface area contributed by atoms with Crippen molar-refractivity contribution in [3.63, 3.8) is 0 Å². The highest BCUT2D eigenvalue weighted by molar-refractivity contribution is 6.83. The summed E-state index contributed by atoms with van der Waals surface area (Å²) in [6, 6.07) is 4.74. The maximum Gasteiger partial charge on any atom is 0.129 e. The van der Waals surface area contributed by atoms with Crippen LogP contribution in [-0.4, -0.2) is 8.07 Å². The zero-order chi connectivity index (χ0) is 10.8. The van der Waals surface area contributed by atoms with Gasteiger partial charge in [0.2, 0.25) is 0 Å². The molecule has 0 atom stereocenters. The maximum atomic E-state index is 12.9. The van der Waals surface area contributed by atoms with Crippen molar-refractivity contribution >= 4 is 8.07 Å². The first kappa shape index (κ1) is 11.0. The van der Waals surface area contributed by atoms with Gasteiger partial charge in [-0.2, -0.15) is 0 Å². The summed E-state index contributed by atoms with van der Waals surface area (Å²) in [5.74, 6) is 2.85. The van der Waals surface area contributed by atoms with Gasteiger partial charge in [-0.15, -0.1) is 5.54 Å². The topological polar surface area (TPSA) is 0 Å². The van der Waals surface area contributed by atoms with Gasteiger partial charge in [0.1, 0.15) is 13.9 Å². The van der Waals surface area contributed by atoms with Gasteiger partial charge in [-0.3, -0.25) is 0 Å². The van der Waals surface area contributed by atoms with Crippen molar-refractivity contribution in [2.75, 3.05) is 0 Å². The van der Waals surface area contributed by atoms with Crippen LogP contribution in [0, 0.1) is 24.2 Å². The molecule has 0 nitrogen and oxygen atoms in total. The summed E-state index contributed by atoms with van der Waals surface area (Å²) in [6.45, 7) is 8.48. The number of rotatable bonds is 0. The Kier molecular flexibility index (Phi) is 3.12. The first-order valence-corrected chi connectivity index (χ1v) is 8.18. The molecular formula is C12H15FSi. The van der Waals surface area contributed by atoms with E-state index in [2.05, 4.69) is 31.1 Å². The smallest absolute Gasteiger partial charge is 0.129 e. The molecule has 0 saturated heterocycles. The van der Waals surface area contributed by atoms with Crippen LogP contribution in [-0.2, 0) is 0 Å². The van der Waals surface area contributed by atoms with Crippen LogP contribution in [0.25, 0.3) is 0 Å². The van der Waals surface area contributed by atoms with Crippen molar-refractivity contribution in [2.24, 2.45) is 0 Å². The highest BCUT2D eigenvalue weighted by atomic mass is 28.3. The van der Waals surface area contributed by atoms with Crippen molar-refractivity contribution in [1.82, 2.24) is 0 Å². The minimum Gasteiger partial charge on any atom is -0.207 e. The molecule has 0 bridgehead atoms. The van der Waals surface area contributed by atoms with Crippen molar-refractivity contribution in [2.45, 2.75) is 26.6 Å². The van der Waals surface area contributed by atoms with Crippen molar-refractivity contribution in [1.29, 1.82) is 0 Å². The molecule has 0 radical (unpaired) electrons. The van der Waals surface area contributed by atoms with Gasteiger partial charge in [0.15, 0.2) is 0 Å². The highest BCUT2D eigenvalue weighted by Gasteiger charge is 2.07. The molecule has 0 spiro atoms. The van der Waals surface area contributed by atoms with E-state index >= 15 is 0 Å². The summed E-state index contributed by atoms with van der Waals surface area (Å²) in [5, 5.41) is 0. The first-order chi connectivity index (χ1) is 6.38. The highest BCUT2D eigenvalue weighted by Crippen LogP contribution is 2.09. The summed E-state index contributed by atoms with van der Waals surface area (Å²) in [7, 11) is -1.36. The lowest BCUT2D eigenvalue weighted by Gasteiger charge is -2.04. The van der Waals surface area contributed by atoms with Crippen LogP contribution < -0.4 is 0 Å². The summed E-state index contributed by atoms with van der Waals surface area (Å²) >= 11 is 0. The van der Waals surface area contributed by atoms with Crippen molar-refractivity contribution in [3.05, 3.63) is 35.1 Å². The molecule has 0 heterocycles. The second-order valence-corrected chi connectivity index (χ2v) is 9.21. The first-order valence-electron chi connectivity index (χ1n) is 4.68. The molecule has 0 aromatic heterocycles. The third kappa shape index (κ3) is 3.35. The Morgan fingerprint density at radius 1 is 1.21 bits per heavy atom. The molecule has 0 amide bonds.